The van der Waals surface area contributed by atoms with E-state index in [1.165, 1.54) is 16.7 Å². The Labute approximate surface area is 153 Å². The summed E-state index contributed by atoms with van der Waals surface area (Å²) in [5.74, 6) is -0.333. The summed E-state index contributed by atoms with van der Waals surface area (Å²) in [6.07, 6.45) is 2.77. The summed E-state index contributed by atoms with van der Waals surface area (Å²) in [5, 5.41) is 12.8. The molecule has 0 unspecified atom stereocenters. The Morgan fingerprint density at radius 1 is 1.15 bits per heavy atom. The van der Waals surface area contributed by atoms with Gasteiger partial charge in [-0.25, -0.2) is 9.78 Å². The first kappa shape index (κ1) is 17.0. The van der Waals surface area contributed by atoms with Gasteiger partial charge in [-0.1, -0.05) is 18.2 Å². The van der Waals surface area contributed by atoms with Crippen LogP contribution in [0.5, 0.6) is 0 Å². The minimum Gasteiger partial charge on any atom is -0.478 e. The Hall–Kier alpha value is -2.44. The lowest BCUT2D eigenvalue weighted by Crippen LogP contribution is -2.46. The maximum atomic E-state index is 11.4. The molecule has 1 saturated heterocycles. The molecule has 0 atom stereocenters. The second-order valence-electron chi connectivity index (χ2n) is 6.97. The van der Waals surface area contributed by atoms with Crippen molar-refractivity contribution in [2.24, 2.45) is 0 Å². The molecule has 6 nitrogen and oxygen atoms in total. The highest BCUT2D eigenvalue weighted by Crippen LogP contribution is 2.21. The van der Waals surface area contributed by atoms with Crippen LogP contribution in [-0.4, -0.2) is 53.7 Å². The van der Waals surface area contributed by atoms with Crippen molar-refractivity contribution in [2.45, 2.75) is 19.5 Å². The van der Waals surface area contributed by atoms with Gasteiger partial charge < -0.3 is 15.3 Å². The van der Waals surface area contributed by atoms with Crippen molar-refractivity contribution < 1.29 is 9.90 Å². The van der Waals surface area contributed by atoms with E-state index >= 15 is 0 Å². The molecule has 1 aromatic carbocycles. The second kappa shape index (κ2) is 7.43. The van der Waals surface area contributed by atoms with E-state index in [4.69, 9.17) is 0 Å². The minimum absolute atomic E-state index is 0.282. The van der Waals surface area contributed by atoms with Gasteiger partial charge in [0.1, 0.15) is 11.4 Å². The minimum atomic E-state index is -0.918. The number of hydrogen-bond donors (Lipinski definition) is 2. The maximum absolute atomic E-state index is 11.4. The van der Waals surface area contributed by atoms with Gasteiger partial charge in [0, 0.05) is 45.5 Å². The molecule has 1 fully saturated rings. The monoisotopic (exact) mass is 352 g/mol. The zero-order valence-electron chi connectivity index (χ0n) is 14.8. The first-order valence-electron chi connectivity index (χ1n) is 9.18. The number of carbonyl (C=O) groups is 1. The Kier molecular flexibility index (Phi) is 4.86. The van der Waals surface area contributed by atoms with Crippen LogP contribution in [0.2, 0.25) is 0 Å². The lowest BCUT2D eigenvalue weighted by Gasteiger charge is -2.36. The highest BCUT2D eigenvalue weighted by molar-refractivity contribution is 5.93. The van der Waals surface area contributed by atoms with E-state index < -0.39 is 5.97 Å². The molecule has 0 spiro atoms. The normalized spacial score (nSPS) is 17.8. The summed E-state index contributed by atoms with van der Waals surface area (Å²) >= 11 is 0. The van der Waals surface area contributed by atoms with E-state index in [9.17, 15) is 9.90 Å². The molecule has 2 N–H and O–H groups in total. The first-order valence-corrected chi connectivity index (χ1v) is 9.18. The number of pyridine rings is 1. The molecule has 4 rings (SSSR count). The van der Waals surface area contributed by atoms with Gasteiger partial charge in [-0.3, -0.25) is 4.90 Å². The van der Waals surface area contributed by atoms with Crippen LogP contribution in [0.1, 0.15) is 27.0 Å². The number of carboxylic acids is 1. The van der Waals surface area contributed by atoms with Crippen LogP contribution in [0.25, 0.3) is 0 Å². The molecule has 0 radical (unpaired) electrons. The predicted molar refractivity (Wildman–Crippen MR) is 101 cm³/mol. The maximum Gasteiger partial charge on any atom is 0.339 e. The SMILES string of the molecule is O=C(O)c1cccnc1N1CCN(Cc2ccc3c(c2)CCNC3)CC1. The Balaban J connectivity index is 1.39. The van der Waals surface area contributed by atoms with Gasteiger partial charge in [0.15, 0.2) is 0 Å². The predicted octanol–water partition coefficient (Wildman–Crippen LogP) is 1.75. The highest BCUT2D eigenvalue weighted by Gasteiger charge is 2.22. The fraction of sp³-hybridized carbons (Fsp3) is 0.400. The quantitative estimate of drug-likeness (QED) is 0.874. The van der Waals surface area contributed by atoms with E-state index in [2.05, 4.69) is 38.3 Å². The van der Waals surface area contributed by atoms with Gasteiger partial charge in [0.25, 0.3) is 0 Å². The third kappa shape index (κ3) is 3.57. The van der Waals surface area contributed by atoms with Crippen molar-refractivity contribution in [3.63, 3.8) is 0 Å². The van der Waals surface area contributed by atoms with Crippen molar-refractivity contribution in [1.82, 2.24) is 15.2 Å². The van der Waals surface area contributed by atoms with Gasteiger partial charge in [-0.15, -0.1) is 0 Å². The number of nitrogens with one attached hydrogen (secondary N) is 1. The van der Waals surface area contributed by atoms with Gasteiger partial charge in [0.2, 0.25) is 0 Å². The zero-order valence-corrected chi connectivity index (χ0v) is 14.8. The smallest absolute Gasteiger partial charge is 0.339 e. The van der Waals surface area contributed by atoms with E-state index in [1.807, 2.05) is 0 Å². The molecule has 0 amide bonds. The number of carboxylic acid groups (broad SMARTS) is 1. The number of piperazine rings is 1. The van der Waals surface area contributed by atoms with Crippen molar-refractivity contribution in [3.05, 3.63) is 58.8 Å². The largest absolute Gasteiger partial charge is 0.478 e. The number of hydrogen-bond acceptors (Lipinski definition) is 5. The topological polar surface area (TPSA) is 68.7 Å². The molecule has 2 aliphatic rings. The number of aromatic carboxylic acids is 1. The number of nitrogens with zero attached hydrogens (tertiary/aromatic N) is 3. The number of rotatable bonds is 4. The fourth-order valence-electron chi connectivity index (χ4n) is 3.82. The second-order valence-corrected chi connectivity index (χ2v) is 6.97. The van der Waals surface area contributed by atoms with Gasteiger partial charge in [0.05, 0.1) is 0 Å². The van der Waals surface area contributed by atoms with Crippen molar-refractivity contribution in [1.29, 1.82) is 0 Å². The summed E-state index contributed by atoms with van der Waals surface area (Å²) < 4.78 is 0. The molecule has 0 bridgehead atoms. The average Bonchev–Trinajstić information content (AvgIpc) is 2.68. The molecule has 26 heavy (non-hydrogen) atoms. The van der Waals surface area contributed by atoms with Crippen LogP contribution < -0.4 is 10.2 Å². The van der Waals surface area contributed by atoms with Crippen LogP contribution in [0.4, 0.5) is 5.82 Å². The summed E-state index contributed by atoms with van der Waals surface area (Å²) in [6.45, 7) is 6.40. The Morgan fingerprint density at radius 3 is 2.81 bits per heavy atom. The number of fused-ring (bicyclic) bond motifs is 1. The molecule has 6 heteroatoms. The van der Waals surface area contributed by atoms with Crippen LogP contribution in [0.3, 0.4) is 0 Å². The van der Waals surface area contributed by atoms with Crippen molar-refractivity contribution >= 4 is 11.8 Å². The van der Waals surface area contributed by atoms with Crippen LogP contribution in [-0.2, 0) is 19.5 Å². The van der Waals surface area contributed by atoms with E-state index in [0.29, 0.717) is 5.82 Å². The Morgan fingerprint density at radius 2 is 2.00 bits per heavy atom. The average molecular weight is 352 g/mol. The third-order valence-corrected chi connectivity index (χ3v) is 5.25. The standard InChI is InChI=1S/C20H24N4O2/c25-20(26)18-2-1-6-22-19(18)24-10-8-23(9-11-24)14-15-3-4-17-13-21-7-5-16(17)12-15/h1-4,6,12,21H,5,7-11,13-14H2,(H,25,26). The number of anilines is 1. The van der Waals surface area contributed by atoms with E-state index in [1.54, 1.807) is 18.3 Å². The lowest BCUT2D eigenvalue weighted by atomic mass is 9.98. The molecule has 2 aromatic rings. The van der Waals surface area contributed by atoms with Gasteiger partial charge in [-0.05, 0) is 41.8 Å². The van der Waals surface area contributed by atoms with Gasteiger partial charge in [-0.2, -0.15) is 0 Å². The number of aromatic nitrogens is 1. The van der Waals surface area contributed by atoms with Crippen LogP contribution >= 0.6 is 0 Å². The first-order chi connectivity index (χ1) is 12.7. The van der Waals surface area contributed by atoms with E-state index in [0.717, 1.165) is 52.2 Å². The molecule has 0 saturated carbocycles. The summed E-state index contributed by atoms with van der Waals surface area (Å²) in [4.78, 5) is 20.2. The molecule has 2 aliphatic heterocycles. The van der Waals surface area contributed by atoms with Crippen molar-refractivity contribution in [2.75, 3.05) is 37.6 Å². The van der Waals surface area contributed by atoms with Gasteiger partial charge >= 0.3 is 5.97 Å². The molecule has 0 aliphatic carbocycles. The molecule has 1 aromatic heterocycles. The third-order valence-electron chi connectivity index (χ3n) is 5.25. The molecular weight excluding hydrogens is 328 g/mol. The summed E-state index contributed by atoms with van der Waals surface area (Å²) in [6, 6.07) is 10.1. The lowest BCUT2D eigenvalue weighted by molar-refractivity contribution is 0.0697. The Bertz CT molecular complexity index is 800. The molecular formula is C20H24N4O2. The zero-order chi connectivity index (χ0) is 17.9. The van der Waals surface area contributed by atoms with Crippen molar-refractivity contribution in [3.8, 4) is 0 Å². The number of benzene rings is 1. The fourth-order valence-corrected chi connectivity index (χ4v) is 3.82. The summed E-state index contributed by atoms with van der Waals surface area (Å²) in [5.41, 5.74) is 4.54. The summed E-state index contributed by atoms with van der Waals surface area (Å²) in [7, 11) is 0. The van der Waals surface area contributed by atoms with Crippen LogP contribution in [0.15, 0.2) is 36.5 Å². The van der Waals surface area contributed by atoms with E-state index in [-0.39, 0.29) is 5.56 Å². The highest BCUT2D eigenvalue weighted by atomic mass is 16.4. The molecule has 136 valence electrons. The van der Waals surface area contributed by atoms with Crippen LogP contribution in [0, 0.1) is 0 Å². The molecule has 3 heterocycles.